The fourth-order valence-corrected chi connectivity index (χ4v) is 0.509. The molecule has 0 radical (unpaired) electrons. The van der Waals surface area contributed by atoms with Crippen LogP contribution in [0.4, 0.5) is 0 Å². The first-order valence-electron chi connectivity index (χ1n) is 3.03. The molecule has 2 aliphatic rings. The minimum absolute atomic E-state index is 0.582. The van der Waals surface area contributed by atoms with E-state index >= 15 is 0 Å². The molecule has 0 spiro atoms. The molecule has 0 amide bonds. The van der Waals surface area contributed by atoms with Crippen molar-refractivity contribution >= 4 is 0 Å². The highest BCUT2D eigenvalue weighted by atomic mass is 16.7. The average molecular weight is 124 g/mol. The zero-order chi connectivity index (χ0) is 6.10. The third kappa shape index (κ3) is 1.57. The van der Waals surface area contributed by atoms with Crippen molar-refractivity contribution in [3.8, 4) is 0 Å². The van der Waals surface area contributed by atoms with Gasteiger partial charge in [-0.05, 0) is 0 Å². The number of hydrogen-bond donors (Lipinski definition) is 1. The molecule has 0 unspecified atom stereocenters. The van der Waals surface area contributed by atoms with Crippen LogP contribution in [0.3, 0.4) is 0 Å². The second-order valence-electron chi connectivity index (χ2n) is 2.08. The first-order chi connectivity index (χ1) is 4.45. The van der Waals surface area contributed by atoms with Gasteiger partial charge in [0.25, 0.3) is 0 Å². The van der Waals surface area contributed by atoms with Crippen LogP contribution in [0.15, 0.2) is 17.5 Å². The van der Waals surface area contributed by atoms with Crippen LogP contribution in [0, 0.1) is 0 Å². The average Bonchev–Trinajstić information content (AvgIpc) is 2.57. The van der Waals surface area contributed by atoms with Gasteiger partial charge in [-0.25, -0.2) is 0 Å². The summed E-state index contributed by atoms with van der Waals surface area (Å²) in [5.41, 5.74) is 3.98. The molecular formula is C6H8N2O. The molecule has 1 aliphatic heterocycles. The monoisotopic (exact) mass is 124 g/mol. The second kappa shape index (κ2) is 1.88. The molecule has 1 fully saturated rings. The Morgan fingerprint density at radius 1 is 1.78 bits per heavy atom. The van der Waals surface area contributed by atoms with Crippen molar-refractivity contribution in [2.45, 2.75) is 0 Å². The molecule has 0 saturated carbocycles. The predicted octanol–water partition coefficient (Wildman–Crippen LogP) is -0.167. The van der Waals surface area contributed by atoms with Gasteiger partial charge in [-0.15, -0.1) is 0 Å². The van der Waals surface area contributed by atoms with E-state index in [1.165, 1.54) is 0 Å². The summed E-state index contributed by atoms with van der Waals surface area (Å²) in [5.74, 6) is 0. The van der Waals surface area contributed by atoms with E-state index in [1.54, 1.807) is 0 Å². The highest BCUT2D eigenvalue weighted by Crippen LogP contribution is 2.04. The Morgan fingerprint density at radius 3 is 3.11 bits per heavy atom. The summed E-state index contributed by atoms with van der Waals surface area (Å²) in [7, 11) is 0. The van der Waals surface area contributed by atoms with Crippen LogP contribution < -0.4 is 5.32 Å². The molecule has 0 bridgehead atoms. The SMILES string of the molecule is C1=CC=1NCON1CC1. The molecule has 1 aliphatic carbocycles. The van der Waals surface area contributed by atoms with E-state index in [0.717, 1.165) is 18.8 Å². The Bertz CT molecular complexity index is 177. The summed E-state index contributed by atoms with van der Waals surface area (Å²) >= 11 is 0. The lowest BCUT2D eigenvalue weighted by molar-refractivity contribution is -0.0694. The fraction of sp³-hybridized carbons (Fsp3) is 0.500. The third-order valence-electron chi connectivity index (χ3n) is 1.20. The van der Waals surface area contributed by atoms with Gasteiger partial charge in [0, 0.05) is 19.2 Å². The molecule has 3 heteroatoms. The van der Waals surface area contributed by atoms with E-state index in [9.17, 15) is 0 Å². The van der Waals surface area contributed by atoms with Gasteiger partial charge in [0.1, 0.15) is 6.73 Å². The third-order valence-corrected chi connectivity index (χ3v) is 1.20. The smallest absolute Gasteiger partial charge is 0.138 e. The second-order valence-corrected chi connectivity index (χ2v) is 2.08. The maximum Gasteiger partial charge on any atom is 0.138 e. The fourth-order valence-electron chi connectivity index (χ4n) is 0.509. The van der Waals surface area contributed by atoms with Crippen LogP contribution in [0.1, 0.15) is 0 Å². The topological polar surface area (TPSA) is 24.3 Å². The lowest BCUT2D eigenvalue weighted by Gasteiger charge is -2.01. The van der Waals surface area contributed by atoms with Crippen molar-refractivity contribution in [3.63, 3.8) is 0 Å². The van der Waals surface area contributed by atoms with E-state index in [4.69, 9.17) is 4.84 Å². The van der Waals surface area contributed by atoms with Gasteiger partial charge < -0.3 is 5.32 Å². The van der Waals surface area contributed by atoms with Gasteiger partial charge >= 0.3 is 0 Å². The molecular weight excluding hydrogens is 116 g/mol. The normalized spacial score (nSPS) is 21.6. The summed E-state index contributed by atoms with van der Waals surface area (Å²) in [4.78, 5) is 5.15. The quantitative estimate of drug-likeness (QED) is 0.320. The first kappa shape index (κ1) is 5.06. The van der Waals surface area contributed by atoms with Gasteiger partial charge in [-0.1, -0.05) is 5.73 Å². The van der Waals surface area contributed by atoms with E-state index in [1.807, 2.05) is 11.1 Å². The Kier molecular flexibility index (Phi) is 1.06. The lowest BCUT2D eigenvalue weighted by atomic mass is 10.8. The maximum atomic E-state index is 5.15. The van der Waals surface area contributed by atoms with Gasteiger partial charge in [0.2, 0.25) is 0 Å². The molecule has 9 heavy (non-hydrogen) atoms. The van der Waals surface area contributed by atoms with Crippen molar-refractivity contribution in [2.24, 2.45) is 0 Å². The maximum absolute atomic E-state index is 5.15. The molecule has 1 heterocycles. The van der Waals surface area contributed by atoms with Crippen molar-refractivity contribution in [1.82, 2.24) is 10.4 Å². The van der Waals surface area contributed by atoms with E-state index in [2.05, 4.69) is 11.0 Å². The van der Waals surface area contributed by atoms with Gasteiger partial charge in [0.15, 0.2) is 0 Å². The lowest BCUT2D eigenvalue weighted by Crippen LogP contribution is -2.15. The van der Waals surface area contributed by atoms with Gasteiger partial charge in [-0.2, -0.15) is 5.06 Å². The van der Waals surface area contributed by atoms with Gasteiger partial charge in [0.05, 0.1) is 5.70 Å². The first-order valence-corrected chi connectivity index (χ1v) is 3.03. The molecule has 48 valence electrons. The minimum Gasteiger partial charge on any atom is -0.354 e. The number of nitrogens with zero attached hydrogens (tertiary/aromatic N) is 1. The zero-order valence-corrected chi connectivity index (χ0v) is 5.05. The van der Waals surface area contributed by atoms with Crippen molar-refractivity contribution in [2.75, 3.05) is 19.8 Å². The van der Waals surface area contributed by atoms with Gasteiger partial charge in [-0.3, -0.25) is 4.84 Å². The summed E-state index contributed by atoms with van der Waals surface area (Å²) in [6.07, 6.45) is 1.89. The highest BCUT2D eigenvalue weighted by Gasteiger charge is 2.17. The van der Waals surface area contributed by atoms with Crippen LogP contribution >= 0.6 is 0 Å². The number of rotatable bonds is 4. The van der Waals surface area contributed by atoms with E-state index < -0.39 is 0 Å². The predicted molar refractivity (Wildman–Crippen MR) is 32.3 cm³/mol. The van der Waals surface area contributed by atoms with Crippen LogP contribution in [0.2, 0.25) is 0 Å². The van der Waals surface area contributed by atoms with Crippen LogP contribution in [0.25, 0.3) is 0 Å². The summed E-state index contributed by atoms with van der Waals surface area (Å²) in [6.45, 7) is 2.74. The van der Waals surface area contributed by atoms with E-state index in [0.29, 0.717) is 6.73 Å². The van der Waals surface area contributed by atoms with E-state index in [-0.39, 0.29) is 0 Å². The van der Waals surface area contributed by atoms with Crippen molar-refractivity contribution in [3.05, 3.63) is 17.5 Å². The summed E-state index contributed by atoms with van der Waals surface area (Å²) in [6, 6.07) is 0. The number of hydrogen-bond acceptors (Lipinski definition) is 3. The molecule has 1 saturated heterocycles. The summed E-state index contributed by atoms with van der Waals surface area (Å²) in [5, 5.41) is 4.91. The van der Waals surface area contributed by atoms with Crippen molar-refractivity contribution < 1.29 is 4.84 Å². The van der Waals surface area contributed by atoms with Crippen LogP contribution in [-0.4, -0.2) is 24.9 Å². The molecule has 1 N–H and O–H groups in total. The van der Waals surface area contributed by atoms with Crippen LogP contribution in [0.5, 0.6) is 0 Å². The molecule has 3 nitrogen and oxygen atoms in total. The Hall–Kier alpha value is -0.760. The van der Waals surface area contributed by atoms with Crippen molar-refractivity contribution in [1.29, 1.82) is 0 Å². The number of hydroxylamine groups is 2. The molecule has 0 aromatic rings. The zero-order valence-electron chi connectivity index (χ0n) is 5.05. The highest BCUT2D eigenvalue weighted by molar-refractivity contribution is 5.28. The number of nitrogens with one attached hydrogen (secondary N) is 1. The minimum atomic E-state index is 0.582. The largest absolute Gasteiger partial charge is 0.354 e. The Morgan fingerprint density at radius 2 is 2.56 bits per heavy atom. The molecule has 0 aromatic heterocycles. The summed E-state index contributed by atoms with van der Waals surface area (Å²) < 4.78 is 0. The molecule has 0 aromatic carbocycles. The Balaban J connectivity index is 1.51. The van der Waals surface area contributed by atoms with Crippen LogP contribution in [-0.2, 0) is 4.84 Å². The standard InChI is InChI=1S/C6H8N2O/c1-2-6(1)7-5-9-8-3-4-8/h1,7H,3-5H2. The molecule has 2 rings (SSSR count). The Labute approximate surface area is 53.6 Å². The molecule has 0 atom stereocenters.